The molecule has 108 valence electrons. The van der Waals surface area contributed by atoms with Crippen molar-refractivity contribution in [3.8, 4) is 0 Å². The molecular formula is C14H17ClN2O3. The van der Waals surface area contributed by atoms with Crippen LogP contribution in [0.4, 0.5) is 0 Å². The van der Waals surface area contributed by atoms with Crippen LogP contribution >= 0.6 is 11.6 Å². The van der Waals surface area contributed by atoms with E-state index in [2.05, 4.69) is 5.32 Å². The lowest BCUT2D eigenvalue weighted by Gasteiger charge is -2.26. The highest BCUT2D eigenvalue weighted by atomic mass is 35.5. The average Bonchev–Trinajstić information content (AvgIpc) is 2.53. The van der Waals surface area contributed by atoms with E-state index in [0.29, 0.717) is 38.4 Å². The van der Waals surface area contributed by atoms with Crippen LogP contribution in [0.15, 0.2) is 24.3 Å². The van der Waals surface area contributed by atoms with Crippen molar-refractivity contribution in [3.63, 3.8) is 0 Å². The molecule has 2 rings (SSSR count). The summed E-state index contributed by atoms with van der Waals surface area (Å²) in [7, 11) is 0. The molecule has 0 radical (unpaired) electrons. The lowest BCUT2D eigenvalue weighted by Crippen LogP contribution is -2.40. The van der Waals surface area contributed by atoms with Crippen LogP contribution in [0.1, 0.15) is 15.9 Å². The van der Waals surface area contributed by atoms with E-state index in [0.717, 1.165) is 5.56 Å². The number of rotatable bonds is 4. The quantitative estimate of drug-likeness (QED) is 0.844. The molecule has 1 fully saturated rings. The fraction of sp³-hybridized carbons (Fsp3) is 0.429. The summed E-state index contributed by atoms with van der Waals surface area (Å²) in [6.45, 7) is 2.86. The molecule has 0 bridgehead atoms. The molecule has 20 heavy (non-hydrogen) atoms. The Bertz CT molecular complexity index is 470. The molecule has 1 aliphatic rings. The first kappa shape index (κ1) is 14.8. The Hall–Kier alpha value is -1.59. The molecule has 1 aromatic carbocycles. The zero-order chi connectivity index (χ0) is 14.4. The van der Waals surface area contributed by atoms with Crippen molar-refractivity contribution in [1.29, 1.82) is 0 Å². The van der Waals surface area contributed by atoms with E-state index >= 15 is 0 Å². The standard InChI is InChI=1S/C14H17ClN2O3/c15-9-13(18)16-10-11-1-3-12(4-2-11)14(19)17-5-7-20-8-6-17/h1-4H,5-10H2,(H,16,18). The minimum absolute atomic E-state index is 0.0182. The molecule has 1 aliphatic heterocycles. The second-order valence-electron chi connectivity index (χ2n) is 4.51. The second-order valence-corrected chi connectivity index (χ2v) is 4.78. The molecule has 6 heteroatoms. The van der Waals surface area contributed by atoms with Crippen molar-refractivity contribution in [1.82, 2.24) is 10.2 Å². The van der Waals surface area contributed by atoms with E-state index in [4.69, 9.17) is 16.3 Å². The Labute approximate surface area is 122 Å². The van der Waals surface area contributed by atoms with Crippen molar-refractivity contribution in [2.45, 2.75) is 6.54 Å². The third-order valence-electron chi connectivity index (χ3n) is 3.11. The van der Waals surface area contributed by atoms with Gasteiger partial charge < -0.3 is 15.0 Å². The van der Waals surface area contributed by atoms with Crippen molar-refractivity contribution < 1.29 is 14.3 Å². The van der Waals surface area contributed by atoms with E-state index in [1.54, 1.807) is 17.0 Å². The van der Waals surface area contributed by atoms with Crippen LogP contribution < -0.4 is 5.32 Å². The maximum Gasteiger partial charge on any atom is 0.254 e. The molecule has 1 aromatic rings. The minimum Gasteiger partial charge on any atom is -0.378 e. The van der Waals surface area contributed by atoms with Crippen LogP contribution in [-0.2, 0) is 16.1 Å². The van der Waals surface area contributed by atoms with E-state index < -0.39 is 0 Å². The number of hydrogen-bond donors (Lipinski definition) is 1. The number of ether oxygens (including phenoxy) is 1. The number of alkyl halides is 1. The largest absolute Gasteiger partial charge is 0.378 e. The Balaban J connectivity index is 1.93. The molecule has 5 nitrogen and oxygen atoms in total. The van der Waals surface area contributed by atoms with Crippen LogP contribution in [0.25, 0.3) is 0 Å². The predicted molar refractivity (Wildman–Crippen MR) is 75.7 cm³/mol. The van der Waals surface area contributed by atoms with Gasteiger partial charge in [-0.1, -0.05) is 12.1 Å². The summed E-state index contributed by atoms with van der Waals surface area (Å²) in [5, 5.41) is 2.68. The number of hydrogen-bond acceptors (Lipinski definition) is 3. The zero-order valence-corrected chi connectivity index (χ0v) is 11.9. The molecule has 0 spiro atoms. The van der Waals surface area contributed by atoms with E-state index in [-0.39, 0.29) is 17.7 Å². The number of halogens is 1. The van der Waals surface area contributed by atoms with Gasteiger partial charge in [0.25, 0.3) is 5.91 Å². The second kappa shape index (κ2) is 7.26. The van der Waals surface area contributed by atoms with Crippen molar-refractivity contribution in [2.24, 2.45) is 0 Å². The molecule has 1 heterocycles. The highest BCUT2D eigenvalue weighted by Crippen LogP contribution is 2.09. The maximum absolute atomic E-state index is 12.2. The Morgan fingerprint density at radius 2 is 1.85 bits per heavy atom. The summed E-state index contributed by atoms with van der Waals surface area (Å²) in [4.78, 5) is 25.0. The first-order chi connectivity index (χ1) is 9.70. The van der Waals surface area contributed by atoms with Gasteiger partial charge in [-0.15, -0.1) is 11.6 Å². The van der Waals surface area contributed by atoms with Gasteiger partial charge in [0.15, 0.2) is 0 Å². The van der Waals surface area contributed by atoms with Gasteiger partial charge in [-0.3, -0.25) is 9.59 Å². The van der Waals surface area contributed by atoms with Crippen LogP contribution in [0.2, 0.25) is 0 Å². The fourth-order valence-electron chi connectivity index (χ4n) is 1.96. The topological polar surface area (TPSA) is 58.6 Å². The van der Waals surface area contributed by atoms with E-state index in [9.17, 15) is 9.59 Å². The van der Waals surface area contributed by atoms with Crippen molar-refractivity contribution in [2.75, 3.05) is 32.2 Å². The van der Waals surface area contributed by atoms with E-state index in [1.165, 1.54) is 0 Å². The molecular weight excluding hydrogens is 280 g/mol. The van der Waals surface area contributed by atoms with Gasteiger partial charge >= 0.3 is 0 Å². The number of carbonyl (C=O) groups is 2. The SMILES string of the molecule is O=C(CCl)NCc1ccc(C(=O)N2CCOCC2)cc1. The molecule has 0 aromatic heterocycles. The first-order valence-electron chi connectivity index (χ1n) is 6.49. The lowest BCUT2D eigenvalue weighted by atomic mass is 10.1. The normalized spacial score (nSPS) is 14.9. The smallest absolute Gasteiger partial charge is 0.254 e. The zero-order valence-electron chi connectivity index (χ0n) is 11.1. The molecule has 0 unspecified atom stereocenters. The van der Waals surface area contributed by atoms with Crippen LogP contribution in [0, 0.1) is 0 Å². The average molecular weight is 297 g/mol. The Kier molecular flexibility index (Phi) is 5.38. The van der Waals surface area contributed by atoms with Gasteiger partial charge in [0.1, 0.15) is 5.88 Å². The third-order valence-corrected chi connectivity index (χ3v) is 3.35. The Morgan fingerprint density at radius 3 is 2.45 bits per heavy atom. The number of carbonyl (C=O) groups excluding carboxylic acids is 2. The Morgan fingerprint density at radius 1 is 1.20 bits per heavy atom. The fourth-order valence-corrected chi connectivity index (χ4v) is 2.06. The summed E-state index contributed by atoms with van der Waals surface area (Å²) in [5.74, 6) is -0.238. The molecule has 0 atom stereocenters. The summed E-state index contributed by atoms with van der Waals surface area (Å²) < 4.78 is 5.22. The summed E-state index contributed by atoms with van der Waals surface area (Å²) in [6.07, 6.45) is 0. The molecule has 2 amide bonds. The van der Waals surface area contributed by atoms with Crippen molar-refractivity contribution >= 4 is 23.4 Å². The van der Waals surface area contributed by atoms with Crippen LogP contribution in [0.5, 0.6) is 0 Å². The van der Waals surface area contributed by atoms with Crippen LogP contribution in [-0.4, -0.2) is 48.9 Å². The van der Waals surface area contributed by atoms with Gasteiger partial charge in [-0.05, 0) is 17.7 Å². The number of morpholine rings is 1. The highest BCUT2D eigenvalue weighted by molar-refractivity contribution is 6.27. The predicted octanol–water partition coefficient (Wildman–Crippen LogP) is 1.01. The van der Waals surface area contributed by atoms with Gasteiger partial charge in [0.2, 0.25) is 5.91 Å². The maximum atomic E-state index is 12.2. The number of amides is 2. The van der Waals surface area contributed by atoms with Gasteiger partial charge in [-0.25, -0.2) is 0 Å². The van der Waals surface area contributed by atoms with Crippen LogP contribution in [0.3, 0.4) is 0 Å². The summed E-state index contributed by atoms with van der Waals surface area (Å²) in [5.41, 5.74) is 1.58. The molecule has 0 saturated carbocycles. The van der Waals surface area contributed by atoms with E-state index in [1.807, 2.05) is 12.1 Å². The lowest BCUT2D eigenvalue weighted by molar-refractivity contribution is -0.118. The van der Waals surface area contributed by atoms with Gasteiger partial charge in [0.05, 0.1) is 13.2 Å². The monoisotopic (exact) mass is 296 g/mol. The summed E-state index contributed by atoms with van der Waals surface area (Å²) >= 11 is 5.40. The molecule has 1 N–H and O–H groups in total. The van der Waals surface area contributed by atoms with Crippen molar-refractivity contribution in [3.05, 3.63) is 35.4 Å². The number of nitrogens with zero attached hydrogens (tertiary/aromatic N) is 1. The molecule has 0 aliphatic carbocycles. The van der Waals surface area contributed by atoms with Gasteiger partial charge in [-0.2, -0.15) is 0 Å². The molecule has 1 saturated heterocycles. The van der Waals surface area contributed by atoms with Gasteiger partial charge in [0, 0.05) is 25.2 Å². The highest BCUT2D eigenvalue weighted by Gasteiger charge is 2.18. The third kappa shape index (κ3) is 3.95. The minimum atomic E-state index is -0.208. The number of benzene rings is 1. The number of nitrogens with one attached hydrogen (secondary N) is 1. The first-order valence-corrected chi connectivity index (χ1v) is 7.03. The summed E-state index contributed by atoms with van der Waals surface area (Å²) in [6, 6.07) is 7.23.